The molecule has 1 aromatic carbocycles. The van der Waals surface area contributed by atoms with E-state index in [2.05, 4.69) is 19.2 Å². The molecule has 0 amide bonds. The summed E-state index contributed by atoms with van der Waals surface area (Å²) >= 11 is 12.0. The molecule has 0 radical (unpaired) electrons. The van der Waals surface area contributed by atoms with Gasteiger partial charge in [-0.25, -0.2) is 4.39 Å². The first-order valence-electron chi connectivity index (χ1n) is 5.29. The van der Waals surface area contributed by atoms with Gasteiger partial charge in [-0.05, 0) is 23.6 Å². The van der Waals surface area contributed by atoms with Crippen LogP contribution in [0.5, 0.6) is 0 Å². The highest BCUT2D eigenvalue weighted by Crippen LogP contribution is 2.17. The molecule has 0 bridgehead atoms. The summed E-state index contributed by atoms with van der Waals surface area (Å²) in [6.45, 7) is 5.47. The van der Waals surface area contributed by atoms with Crippen molar-refractivity contribution < 1.29 is 4.39 Å². The van der Waals surface area contributed by atoms with E-state index in [0.29, 0.717) is 24.0 Å². The van der Waals surface area contributed by atoms with Crippen molar-refractivity contribution in [2.24, 2.45) is 5.92 Å². The van der Waals surface area contributed by atoms with Crippen LogP contribution in [0.4, 0.5) is 4.39 Å². The lowest BCUT2D eigenvalue weighted by Gasteiger charge is -2.14. The number of benzene rings is 1. The third kappa shape index (κ3) is 4.28. The van der Waals surface area contributed by atoms with Crippen molar-refractivity contribution in [2.45, 2.75) is 25.8 Å². The van der Waals surface area contributed by atoms with Gasteiger partial charge in [0.2, 0.25) is 0 Å². The quantitative estimate of drug-likeness (QED) is 0.797. The normalized spacial score (nSPS) is 13.1. The summed E-state index contributed by atoms with van der Waals surface area (Å²) in [6, 6.07) is 4.41. The molecular formula is C12H16Cl2FN. The molecule has 0 heterocycles. The smallest absolute Gasteiger partial charge is 0.124 e. The minimum absolute atomic E-state index is 0.0965. The monoisotopic (exact) mass is 263 g/mol. The van der Waals surface area contributed by atoms with Crippen LogP contribution in [0.2, 0.25) is 5.02 Å². The summed E-state index contributed by atoms with van der Waals surface area (Å²) in [5.41, 5.74) is 0.885. The maximum absolute atomic E-state index is 12.8. The van der Waals surface area contributed by atoms with Crippen molar-refractivity contribution in [3.63, 3.8) is 0 Å². The zero-order valence-electron chi connectivity index (χ0n) is 9.43. The second kappa shape index (κ2) is 6.43. The maximum atomic E-state index is 12.8. The maximum Gasteiger partial charge on any atom is 0.124 e. The summed E-state index contributed by atoms with van der Waals surface area (Å²) in [5.74, 6) is 0.115. The fourth-order valence-corrected chi connectivity index (χ4v) is 1.59. The standard InChI is InChI=1S/C12H16Cl2FN/c1-8(2)12(14)7-16-6-9-3-4-10(15)5-11(9)13/h3-5,8,12,16H,6-7H2,1-2H3. The van der Waals surface area contributed by atoms with Gasteiger partial charge in [-0.3, -0.25) is 0 Å². The van der Waals surface area contributed by atoms with Crippen LogP contribution >= 0.6 is 23.2 Å². The second-order valence-corrected chi connectivity index (χ2v) is 5.09. The molecule has 4 heteroatoms. The van der Waals surface area contributed by atoms with E-state index in [0.717, 1.165) is 5.56 Å². The number of rotatable bonds is 5. The van der Waals surface area contributed by atoms with E-state index in [-0.39, 0.29) is 11.2 Å². The molecule has 1 rings (SSSR count). The van der Waals surface area contributed by atoms with Gasteiger partial charge in [0.15, 0.2) is 0 Å². The minimum Gasteiger partial charge on any atom is -0.311 e. The predicted molar refractivity (Wildman–Crippen MR) is 67.6 cm³/mol. The van der Waals surface area contributed by atoms with Crippen molar-refractivity contribution >= 4 is 23.2 Å². The molecule has 1 atom stereocenters. The summed E-state index contributed by atoms with van der Waals surface area (Å²) in [4.78, 5) is 0. The Kier molecular flexibility index (Phi) is 5.53. The van der Waals surface area contributed by atoms with Gasteiger partial charge < -0.3 is 5.32 Å². The lowest BCUT2D eigenvalue weighted by atomic mass is 10.1. The lowest BCUT2D eigenvalue weighted by Crippen LogP contribution is -2.26. The van der Waals surface area contributed by atoms with Crippen LogP contribution in [-0.2, 0) is 6.54 Å². The van der Waals surface area contributed by atoms with Crippen LogP contribution in [0, 0.1) is 11.7 Å². The summed E-state index contributed by atoms with van der Waals surface area (Å²) in [6.07, 6.45) is 0. The summed E-state index contributed by atoms with van der Waals surface area (Å²) in [5, 5.41) is 3.75. The van der Waals surface area contributed by atoms with Gasteiger partial charge in [-0.2, -0.15) is 0 Å². The molecular weight excluding hydrogens is 248 g/mol. The van der Waals surface area contributed by atoms with E-state index in [1.807, 2.05) is 0 Å². The van der Waals surface area contributed by atoms with Crippen LogP contribution in [0.25, 0.3) is 0 Å². The summed E-state index contributed by atoms with van der Waals surface area (Å²) < 4.78 is 12.8. The van der Waals surface area contributed by atoms with E-state index in [9.17, 15) is 4.39 Å². The largest absolute Gasteiger partial charge is 0.311 e. The predicted octanol–water partition coefficient (Wildman–Crippen LogP) is 3.83. The molecule has 0 aliphatic rings. The van der Waals surface area contributed by atoms with E-state index in [4.69, 9.17) is 23.2 Å². The topological polar surface area (TPSA) is 12.0 Å². The van der Waals surface area contributed by atoms with Crippen molar-refractivity contribution in [2.75, 3.05) is 6.54 Å². The average Bonchev–Trinajstić information content (AvgIpc) is 2.20. The Morgan fingerprint density at radius 1 is 1.38 bits per heavy atom. The van der Waals surface area contributed by atoms with Gasteiger partial charge in [-0.15, -0.1) is 11.6 Å². The molecule has 0 fully saturated rings. The molecule has 0 aromatic heterocycles. The van der Waals surface area contributed by atoms with Crippen molar-refractivity contribution in [1.29, 1.82) is 0 Å². The first-order chi connectivity index (χ1) is 7.50. The van der Waals surface area contributed by atoms with Gasteiger partial charge in [-0.1, -0.05) is 31.5 Å². The Balaban J connectivity index is 2.43. The highest BCUT2D eigenvalue weighted by Gasteiger charge is 2.09. The molecule has 90 valence electrons. The highest BCUT2D eigenvalue weighted by atomic mass is 35.5. The zero-order valence-corrected chi connectivity index (χ0v) is 10.9. The van der Waals surface area contributed by atoms with Gasteiger partial charge >= 0.3 is 0 Å². The molecule has 0 spiro atoms. The fraction of sp³-hybridized carbons (Fsp3) is 0.500. The van der Waals surface area contributed by atoms with E-state index in [1.54, 1.807) is 6.07 Å². The Morgan fingerprint density at radius 3 is 2.62 bits per heavy atom. The Labute approximate surface area is 106 Å². The molecule has 1 aromatic rings. The first kappa shape index (κ1) is 13.8. The van der Waals surface area contributed by atoms with Crippen LogP contribution in [0.3, 0.4) is 0 Å². The van der Waals surface area contributed by atoms with Gasteiger partial charge in [0, 0.05) is 23.5 Å². The number of alkyl halides is 1. The molecule has 0 aliphatic carbocycles. The molecule has 0 saturated heterocycles. The molecule has 0 aliphatic heterocycles. The van der Waals surface area contributed by atoms with Crippen LogP contribution in [0.1, 0.15) is 19.4 Å². The Bertz CT molecular complexity index is 342. The molecule has 1 N–H and O–H groups in total. The Hall–Kier alpha value is -0.310. The number of hydrogen-bond acceptors (Lipinski definition) is 1. The number of nitrogens with one attached hydrogen (secondary N) is 1. The third-order valence-corrected chi connectivity index (χ3v) is 3.40. The van der Waals surface area contributed by atoms with Gasteiger partial charge in [0.05, 0.1) is 0 Å². The van der Waals surface area contributed by atoms with Crippen molar-refractivity contribution in [3.05, 3.63) is 34.6 Å². The van der Waals surface area contributed by atoms with E-state index in [1.165, 1.54) is 12.1 Å². The summed E-state index contributed by atoms with van der Waals surface area (Å²) in [7, 11) is 0. The molecule has 1 nitrogen and oxygen atoms in total. The SMILES string of the molecule is CC(C)C(Cl)CNCc1ccc(F)cc1Cl. The molecule has 16 heavy (non-hydrogen) atoms. The van der Waals surface area contributed by atoms with E-state index >= 15 is 0 Å². The van der Waals surface area contributed by atoms with Crippen LogP contribution in [-0.4, -0.2) is 11.9 Å². The highest BCUT2D eigenvalue weighted by molar-refractivity contribution is 6.31. The van der Waals surface area contributed by atoms with Crippen molar-refractivity contribution in [3.8, 4) is 0 Å². The van der Waals surface area contributed by atoms with E-state index < -0.39 is 0 Å². The molecule has 1 unspecified atom stereocenters. The number of hydrogen-bond donors (Lipinski definition) is 1. The minimum atomic E-state index is -0.314. The van der Waals surface area contributed by atoms with Crippen molar-refractivity contribution in [1.82, 2.24) is 5.32 Å². The lowest BCUT2D eigenvalue weighted by molar-refractivity contribution is 0.545. The zero-order chi connectivity index (χ0) is 12.1. The number of halogens is 3. The first-order valence-corrected chi connectivity index (χ1v) is 6.11. The fourth-order valence-electron chi connectivity index (χ4n) is 1.25. The average molecular weight is 264 g/mol. The second-order valence-electron chi connectivity index (χ2n) is 4.13. The van der Waals surface area contributed by atoms with Gasteiger partial charge in [0.25, 0.3) is 0 Å². The molecule has 0 saturated carbocycles. The Morgan fingerprint density at radius 2 is 2.06 bits per heavy atom. The van der Waals surface area contributed by atoms with Crippen LogP contribution in [0.15, 0.2) is 18.2 Å². The van der Waals surface area contributed by atoms with Crippen LogP contribution < -0.4 is 5.32 Å². The third-order valence-electron chi connectivity index (χ3n) is 2.39. The van der Waals surface area contributed by atoms with Gasteiger partial charge in [0.1, 0.15) is 5.82 Å².